The zero-order chi connectivity index (χ0) is 10.7. The summed E-state index contributed by atoms with van der Waals surface area (Å²) in [6, 6.07) is 2.43. The van der Waals surface area contributed by atoms with E-state index in [2.05, 4.69) is 9.72 Å². The molecule has 1 rings (SSSR count). The number of rotatable bonds is 2. The maximum atomic E-state index is 12.3. The average Bonchev–Trinajstić information content (AvgIpc) is 2.16. The van der Waals surface area contributed by atoms with Crippen molar-refractivity contribution in [2.45, 2.75) is 6.43 Å². The van der Waals surface area contributed by atoms with E-state index in [-0.39, 0.29) is 5.75 Å². The molecule has 0 unspecified atom stereocenters. The highest BCUT2D eigenvalue weighted by Crippen LogP contribution is 2.31. The van der Waals surface area contributed by atoms with Crippen molar-refractivity contribution in [1.82, 2.24) is 4.98 Å². The van der Waals surface area contributed by atoms with E-state index in [1.54, 1.807) is 0 Å². The summed E-state index contributed by atoms with van der Waals surface area (Å²) < 4.78 is 29.2. The molecular weight excluding hydrogens is 194 g/mol. The highest BCUT2D eigenvalue weighted by atomic mass is 19.3. The van der Waals surface area contributed by atoms with Gasteiger partial charge in [-0.3, -0.25) is 0 Å². The van der Waals surface area contributed by atoms with E-state index in [0.29, 0.717) is 0 Å². The van der Waals surface area contributed by atoms with E-state index in [1.165, 1.54) is 13.2 Å². The molecule has 74 valence electrons. The van der Waals surface area contributed by atoms with Crippen molar-refractivity contribution in [1.29, 1.82) is 5.26 Å². The Morgan fingerprint density at radius 3 is 2.71 bits per heavy atom. The Labute approximate surface area is 78.4 Å². The number of hydrogen-bond donors (Lipinski definition) is 1. The van der Waals surface area contributed by atoms with Crippen molar-refractivity contribution in [3.8, 4) is 17.6 Å². The van der Waals surface area contributed by atoms with Gasteiger partial charge >= 0.3 is 0 Å². The minimum atomic E-state index is -2.85. The standard InChI is InChI=1S/C8H6F2N2O2/c1-14-6-2-5(13)4(3-11)12-7(6)8(9)10/h2,8,13H,1H3. The number of hydrogen-bond acceptors (Lipinski definition) is 4. The summed E-state index contributed by atoms with van der Waals surface area (Å²) in [5.74, 6) is -0.717. The lowest BCUT2D eigenvalue weighted by atomic mass is 10.2. The fourth-order valence-corrected chi connectivity index (χ4v) is 0.901. The second-order valence-electron chi connectivity index (χ2n) is 2.36. The molecule has 4 nitrogen and oxygen atoms in total. The minimum absolute atomic E-state index is 0.239. The van der Waals surface area contributed by atoms with Gasteiger partial charge in [-0.2, -0.15) is 5.26 Å². The van der Waals surface area contributed by atoms with Crippen LogP contribution in [0.2, 0.25) is 0 Å². The van der Waals surface area contributed by atoms with Crippen LogP contribution in [-0.2, 0) is 0 Å². The maximum absolute atomic E-state index is 12.3. The van der Waals surface area contributed by atoms with Crippen LogP contribution in [0, 0.1) is 11.3 Å². The molecule has 0 saturated heterocycles. The summed E-state index contributed by atoms with van der Waals surface area (Å²) in [6.45, 7) is 0. The Balaban J connectivity index is 3.34. The van der Waals surface area contributed by atoms with Crippen LogP contribution in [0.15, 0.2) is 6.07 Å². The molecule has 1 aromatic heterocycles. The number of methoxy groups -OCH3 is 1. The van der Waals surface area contributed by atoms with Crippen LogP contribution in [0.25, 0.3) is 0 Å². The molecule has 0 saturated carbocycles. The lowest BCUT2D eigenvalue weighted by molar-refractivity contribution is 0.141. The number of aromatic hydroxyl groups is 1. The molecule has 0 aliphatic rings. The Hall–Kier alpha value is -1.90. The third-order valence-electron chi connectivity index (χ3n) is 1.53. The van der Waals surface area contributed by atoms with Crippen LogP contribution in [0.3, 0.4) is 0 Å². The highest BCUT2D eigenvalue weighted by Gasteiger charge is 2.19. The average molecular weight is 200 g/mol. The molecule has 0 radical (unpaired) electrons. The fourth-order valence-electron chi connectivity index (χ4n) is 0.901. The topological polar surface area (TPSA) is 66.1 Å². The molecule has 0 fully saturated rings. The second-order valence-corrected chi connectivity index (χ2v) is 2.36. The van der Waals surface area contributed by atoms with Crippen LogP contribution in [0.1, 0.15) is 17.8 Å². The van der Waals surface area contributed by atoms with Gasteiger partial charge in [-0.05, 0) is 0 Å². The predicted molar refractivity (Wildman–Crippen MR) is 42.1 cm³/mol. The molecule has 1 heterocycles. The van der Waals surface area contributed by atoms with Gasteiger partial charge in [0.05, 0.1) is 7.11 Å². The lowest BCUT2D eigenvalue weighted by Gasteiger charge is -2.07. The van der Waals surface area contributed by atoms with Crippen molar-refractivity contribution >= 4 is 0 Å². The van der Waals surface area contributed by atoms with Gasteiger partial charge in [0.2, 0.25) is 0 Å². The van der Waals surface area contributed by atoms with Gasteiger partial charge < -0.3 is 9.84 Å². The molecule has 0 spiro atoms. The summed E-state index contributed by atoms with van der Waals surface area (Å²) >= 11 is 0. The van der Waals surface area contributed by atoms with Gasteiger partial charge in [0.15, 0.2) is 11.4 Å². The van der Waals surface area contributed by atoms with E-state index in [1.807, 2.05) is 0 Å². The molecule has 0 atom stereocenters. The van der Waals surface area contributed by atoms with Gasteiger partial charge in [-0.25, -0.2) is 13.8 Å². The molecule has 14 heavy (non-hydrogen) atoms. The zero-order valence-corrected chi connectivity index (χ0v) is 7.16. The first-order chi connectivity index (χ1) is 6.60. The van der Waals surface area contributed by atoms with E-state index >= 15 is 0 Å². The Morgan fingerprint density at radius 1 is 1.64 bits per heavy atom. The number of alkyl halides is 2. The summed E-state index contributed by atoms with van der Waals surface area (Å²) in [5.41, 5.74) is -1.09. The lowest BCUT2D eigenvalue weighted by Crippen LogP contribution is -1.98. The van der Waals surface area contributed by atoms with E-state index < -0.39 is 23.6 Å². The Morgan fingerprint density at radius 2 is 2.29 bits per heavy atom. The van der Waals surface area contributed by atoms with Crippen LogP contribution in [-0.4, -0.2) is 17.2 Å². The molecule has 0 bridgehead atoms. The van der Waals surface area contributed by atoms with Crippen molar-refractivity contribution < 1.29 is 18.6 Å². The van der Waals surface area contributed by atoms with Crippen molar-refractivity contribution in [2.24, 2.45) is 0 Å². The van der Waals surface area contributed by atoms with Crippen molar-refractivity contribution in [3.63, 3.8) is 0 Å². The number of nitriles is 1. The first-order valence-corrected chi connectivity index (χ1v) is 3.56. The SMILES string of the molecule is COc1cc(O)c(C#N)nc1C(F)F. The number of aromatic nitrogens is 1. The molecule has 6 heteroatoms. The third kappa shape index (κ3) is 1.71. The van der Waals surface area contributed by atoms with Crippen LogP contribution >= 0.6 is 0 Å². The smallest absolute Gasteiger partial charge is 0.284 e. The predicted octanol–water partition coefficient (Wildman–Crippen LogP) is 1.61. The molecule has 0 aromatic carbocycles. The first-order valence-electron chi connectivity index (χ1n) is 3.56. The molecule has 0 aliphatic heterocycles. The van der Waals surface area contributed by atoms with E-state index in [9.17, 15) is 8.78 Å². The number of halogens is 2. The van der Waals surface area contributed by atoms with E-state index in [4.69, 9.17) is 10.4 Å². The first kappa shape index (κ1) is 10.2. The van der Waals surface area contributed by atoms with Gasteiger partial charge in [-0.1, -0.05) is 0 Å². The van der Waals surface area contributed by atoms with Gasteiger partial charge in [0.25, 0.3) is 6.43 Å². The summed E-state index contributed by atoms with van der Waals surface area (Å²) in [5, 5.41) is 17.5. The second kappa shape index (κ2) is 3.87. The fraction of sp³-hybridized carbons (Fsp3) is 0.250. The molecule has 1 N–H and O–H groups in total. The Kier molecular flexibility index (Phi) is 2.82. The monoisotopic (exact) mass is 200 g/mol. The van der Waals surface area contributed by atoms with Gasteiger partial charge in [0, 0.05) is 6.07 Å². The largest absolute Gasteiger partial charge is 0.505 e. The third-order valence-corrected chi connectivity index (χ3v) is 1.53. The van der Waals surface area contributed by atoms with Crippen LogP contribution in [0.5, 0.6) is 11.5 Å². The maximum Gasteiger partial charge on any atom is 0.284 e. The van der Waals surface area contributed by atoms with Crippen LogP contribution < -0.4 is 4.74 Å². The summed E-state index contributed by atoms with van der Waals surface area (Å²) in [6.07, 6.45) is -2.85. The highest BCUT2D eigenvalue weighted by molar-refractivity contribution is 5.44. The summed E-state index contributed by atoms with van der Waals surface area (Å²) in [4.78, 5) is 3.27. The van der Waals surface area contributed by atoms with Gasteiger partial charge in [0.1, 0.15) is 17.5 Å². The summed E-state index contributed by atoms with van der Waals surface area (Å²) in [7, 11) is 1.17. The normalized spacial score (nSPS) is 9.93. The minimum Gasteiger partial charge on any atom is -0.505 e. The molecule has 1 aromatic rings. The van der Waals surface area contributed by atoms with Crippen LogP contribution in [0.4, 0.5) is 8.78 Å². The van der Waals surface area contributed by atoms with Crippen molar-refractivity contribution in [2.75, 3.05) is 7.11 Å². The quantitative estimate of drug-likeness (QED) is 0.787. The molecular formula is C8H6F2N2O2. The molecule has 0 aliphatic carbocycles. The number of pyridine rings is 1. The Bertz CT molecular complexity index is 388. The molecule has 0 amide bonds. The van der Waals surface area contributed by atoms with Crippen molar-refractivity contribution in [3.05, 3.63) is 17.5 Å². The van der Waals surface area contributed by atoms with Gasteiger partial charge in [-0.15, -0.1) is 0 Å². The van der Waals surface area contributed by atoms with E-state index in [0.717, 1.165) is 6.07 Å². The zero-order valence-electron chi connectivity index (χ0n) is 7.16. The number of ether oxygens (including phenoxy) is 1. The number of nitrogens with zero attached hydrogens (tertiary/aromatic N) is 2.